The minimum Gasteiger partial charge on any atom is -0.456 e. The smallest absolute Gasteiger partial charge is 0.203 e. The molecule has 3 aliphatic rings. The van der Waals surface area contributed by atoms with E-state index in [1.165, 1.54) is 33.3 Å². The normalized spacial score (nSPS) is 12.5. The lowest BCUT2D eigenvalue weighted by atomic mass is 9.88. The maximum absolute atomic E-state index is 8.49. The van der Waals surface area contributed by atoms with Crippen LogP contribution in [0, 0.1) is 10.2 Å². The van der Waals surface area contributed by atoms with Gasteiger partial charge < -0.3 is 9.32 Å². The van der Waals surface area contributed by atoms with Crippen LogP contribution in [0.4, 0.5) is 5.69 Å². The molecule has 0 radical (unpaired) electrons. The van der Waals surface area contributed by atoms with Crippen molar-refractivity contribution in [1.29, 1.82) is 0 Å². The van der Waals surface area contributed by atoms with Crippen LogP contribution in [0.15, 0.2) is 46.9 Å². The summed E-state index contributed by atoms with van der Waals surface area (Å²) in [6.07, 6.45) is 2.11. The molecule has 1 heterocycles. The summed E-state index contributed by atoms with van der Waals surface area (Å²) >= 11 is 0. The van der Waals surface area contributed by atoms with Crippen LogP contribution in [-0.2, 0) is 12.8 Å². The Hall–Kier alpha value is -2.42. The van der Waals surface area contributed by atoms with Crippen LogP contribution in [0.5, 0.6) is 0 Å². The predicted octanol–water partition coefficient (Wildman–Crippen LogP) is -0.728. The largest absolute Gasteiger partial charge is 0.456 e. The fourth-order valence-electron chi connectivity index (χ4n) is 3.91. The predicted molar refractivity (Wildman–Crippen MR) is 109 cm³/mol. The van der Waals surface area contributed by atoms with Gasteiger partial charge in [-0.15, -0.1) is 10.2 Å². The first-order valence-corrected chi connectivity index (χ1v) is 11.4. The number of benzene rings is 2. The summed E-state index contributed by atoms with van der Waals surface area (Å²) in [4.78, 5) is 2.16. The third-order valence-corrected chi connectivity index (χ3v) is 5.47. The van der Waals surface area contributed by atoms with Gasteiger partial charge in [-0.3, -0.25) is 0 Å². The van der Waals surface area contributed by atoms with Gasteiger partial charge in [0.15, 0.2) is 0 Å². The first-order chi connectivity index (χ1) is 14.6. The molecule has 1 aliphatic heterocycles. The van der Waals surface area contributed by atoms with Crippen LogP contribution in [0.1, 0.15) is 25.0 Å². The number of halogens is 1. The quantitative estimate of drug-likeness (QED) is 0.490. The molecule has 166 valence electrons. The van der Waals surface area contributed by atoms with E-state index in [9.17, 15) is 0 Å². The molecule has 0 unspecified atom stereocenters. The van der Waals surface area contributed by atoms with Gasteiger partial charge in [0.2, 0.25) is 5.36 Å². The van der Waals surface area contributed by atoms with E-state index in [0.29, 0.717) is 0 Å². The number of hydrogen-bond donors (Lipinski definition) is 0. The fraction of sp³-hybridized carbons (Fsp3) is 0.348. The lowest BCUT2D eigenvalue weighted by Crippen LogP contribution is -2.68. The van der Waals surface area contributed by atoms with Crippen LogP contribution in [-0.4, -0.2) is 27.2 Å². The van der Waals surface area contributed by atoms with Gasteiger partial charge in [0.05, 0.1) is 6.07 Å². The number of fused-ring (bicyclic) bond motifs is 4. The molecular weight excluding hydrogens is 420 g/mol. The molecule has 2 aliphatic carbocycles. The van der Waals surface area contributed by atoms with E-state index < -0.39 is 10.2 Å². The van der Waals surface area contributed by atoms with Crippen molar-refractivity contribution in [2.24, 2.45) is 0 Å². The molecule has 0 saturated carbocycles. The Balaban J connectivity index is 0.000000491. The summed E-state index contributed by atoms with van der Waals surface area (Å²) in [7, 11) is -0.768. The lowest BCUT2D eigenvalue weighted by molar-refractivity contribution is -2.00. The van der Waals surface area contributed by atoms with E-state index in [-0.39, 0.29) is 0 Å². The molecule has 0 fully saturated rings. The van der Waals surface area contributed by atoms with Gasteiger partial charge in [-0.25, -0.2) is 23.2 Å². The van der Waals surface area contributed by atoms with Gasteiger partial charge in [-0.2, -0.15) is 0 Å². The molecule has 0 aromatic heterocycles. The Morgan fingerprint density at radius 2 is 1.55 bits per heavy atom. The van der Waals surface area contributed by atoms with E-state index in [1.54, 1.807) is 0 Å². The molecule has 0 atom stereocenters. The van der Waals surface area contributed by atoms with Crippen molar-refractivity contribution in [3.63, 3.8) is 0 Å². The molecule has 0 amide bonds. The van der Waals surface area contributed by atoms with E-state index in [1.807, 2.05) is 0 Å². The third-order valence-electron chi connectivity index (χ3n) is 5.47. The van der Waals surface area contributed by atoms with Crippen molar-refractivity contribution in [3.8, 4) is 22.6 Å². The Labute approximate surface area is 184 Å². The standard InChI is InChI=1S/C23H27N2O.ClHO4/c1-5-25(6-2)20-10-9-17-13-18-8-7-16-14-19(24(3)4)11-12-21(16)23(18)26-22(17)15-20;2-1(3,4)5/h9-15H,5-8H2,1-4H3;(H,2,3,4,5)/q+1;/p-1. The summed E-state index contributed by atoms with van der Waals surface area (Å²) < 4.78 is 42.8. The van der Waals surface area contributed by atoms with E-state index in [0.717, 1.165) is 37.5 Å². The number of aryl methyl sites for hydroxylation is 2. The van der Waals surface area contributed by atoms with Crippen molar-refractivity contribution in [2.45, 2.75) is 26.7 Å². The molecule has 4 rings (SSSR count). The number of hydrogen-bond acceptors (Lipinski definition) is 6. The highest BCUT2D eigenvalue weighted by Gasteiger charge is 2.22. The Kier molecular flexibility index (Phi) is 7.03. The molecule has 1 aromatic carbocycles. The highest BCUT2D eigenvalue weighted by molar-refractivity contribution is 5.74. The van der Waals surface area contributed by atoms with Crippen LogP contribution in [0.2, 0.25) is 0 Å². The zero-order valence-corrected chi connectivity index (χ0v) is 18.9. The first kappa shape index (κ1) is 23.2. The average Bonchev–Trinajstić information content (AvgIpc) is 2.71. The van der Waals surface area contributed by atoms with Gasteiger partial charge >= 0.3 is 0 Å². The summed E-state index contributed by atoms with van der Waals surface area (Å²) in [6.45, 7) is 6.39. The first-order valence-electron chi connectivity index (χ1n) is 10.2. The van der Waals surface area contributed by atoms with Gasteiger partial charge in [0.25, 0.3) is 0 Å². The number of rotatable bonds is 3. The Morgan fingerprint density at radius 3 is 2.16 bits per heavy atom. The van der Waals surface area contributed by atoms with Gasteiger partial charge in [0.1, 0.15) is 24.6 Å². The topological polar surface area (TPSA) is 112 Å². The molecule has 0 saturated heterocycles. The Morgan fingerprint density at radius 1 is 0.903 bits per heavy atom. The molecular formula is C23H27ClN2O5. The van der Waals surface area contributed by atoms with Crippen molar-refractivity contribution >= 4 is 5.69 Å². The molecule has 7 nitrogen and oxygen atoms in total. The second kappa shape index (κ2) is 9.38. The molecule has 0 bridgehead atoms. The second-order valence-electron chi connectivity index (χ2n) is 7.61. The molecule has 31 heavy (non-hydrogen) atoms. The maximum atomic E-state index is 8.49. The molecule has 8 heteroatoms. The minimum absolute atomic E-state index is 0.970. The van der Waals surface area contributed by atoms with E-state index in [2.05, 4.69) is 79.9 Å². The highest BCUT2D eigenvalue weighted by Crippen LogP contribution is 2.39. The molecule has 0 N–H and O–H groups in total. The third kappa shape index (κ3) is 5.64. The van der Waals surface area contributed by atoms with Crippen LogP contribution in [0.3, 0.4) is 0 Å². The van der Waals surface area contributed by atoms with Crippen LogP contribution >= 0.6 is 0 Å². The van der Waals surface area contributed by atoms with Crippen molar-refractivity contribution < 1.29 is 33.3 Å². The average molecular weight is 447 g/mol. The van der Waals surface area contributed by atoms with Crippen molar-refractivity contribution in [3.05, 3.63) is 58.9 Å². The maximum Gasteiger partial charge on any atom is 0.203 e. The van der Waals surface area contributed by atoms with Crippen molar-refractivity contribution in [2.75, 3.05) is 32.1 Å². The van der Waals surface area contributed by atoms with Gasteiger partial charge in [-0.1, -0.05) is 0 Å². The summed E-state index contributed by atoms with van der Waals surface area (Å²) in [5, 5.41) is 1.23. The summed E-state index contributed by atoms with van der Waals surface area (Å²) in [5.74, 6) is 2.01. The lowest BCUT2D eigenvalue weighted by Gasteiger charge is -2.23. The van der Waals surface area contributed by atoms with Crippen LogP contribution < -0.4 is 33.5 Å². The molecule has 0 spiro atoms. The Bertz CT molecular complexity index is 1090. The monoisotopic (exact) mass is 446 g/mol. The zero-order chi connectivity index (χ0) is 22.8. The van der Waals surface area contributed by atoms with Crippen LogP contribution in [0.25, 0.3) is 22.6 Å². The summed E-state index contributed by atoms with van der Waals surface area (Å²) in [6, 6.07) is 15.6. The number of nitrogens with zero attached hydrogens (tertiary/aromatic N) is 2. The van der Waals surface area contributed by atoms with Crippen molar-refractivity contribution in [1.82, 2.24) is 4.58 Å². The van der Waals surface area contributed by atoms with Gasteiger partial charge in [0, 0.05) is 37.0 Å². The number of anilines is 1. The second-order valence-corrected chi connectivity index (χ2v) is 8.36. The summed E-state index contributed by atoms with van der Waals surface area (Å²) in [5.41, 5.74) is 6.38. The highest BCUT2D eigenvalue weighted by atomic mass is 35.7. The molecule has 1 aromatic rings. The van der Waals surface area contributed by atoms with Gasteiger partial charge in [-0.05, 0) is 68.1 Å². The minimum atomic E-state index is -4.94. The zero-order valence-electron chi connectivity index (χ0n) is 18.2. The van der Waals surface area contributed by atoms with E-state index in [4.69, 9.17) is 23.1 Å². The SMILES string of the molecule is CC[N+](CC)=c1ccc2cc3c(oc-2c1)-c1ccc(N(C)C)cc1CC3.[O-][Cl+3]([O-])([O-])[O-]. The fourth-order valence-corrected chi connectivity index (χ4v) is 3.91. The van der Waals surface area contributed by atoms with E-state index >= 15 is 0 Å².